The van der Waals surface area contributed by atoms with E-state index in [2.05, 4.69) is 44.5 Å². The van der Waals surface area contributed by atoms with Crippen LogP contribution in [0.15, 0.2) is 108 Å². The van der Waals surface area contributed by atoms with Gasteiger partial charge in [-0.3, -0.25) is 0 Å². The molecule has 0 N–H and O–H groups in total. The molecule has 0 bridgehead atoms. The van der Waals surface area contributed by atoms with Crippen molar-refractivity contribution in [1.82, 2.24) is 0 Å². The van der Waals surface area contributed by atoms with Gasteiger partial charge in [0, 0.05) is 0 Å². The Morgan fingerprint density at radius 3 is 1.86 bits per heavy atom. The first-order chi connectivity index (χ1) is 13.6. The lowest BCUT2D eigenvalue weighted by atomic mass is 9.83. The second-order valence-corrected chi connectivity index (χ2v) is 5.06. The summed E-state index contributed by atoms with van der Waals surface area (Å²) in [6, 6.07) is 0. The van der Waals surface area contributed by atoms with Crippen LogP contribution in [0.3, 0.4) is 0 Å². The highest BCUT2D eigenvalue weighted by Gasteiger charge is 2.17. The summed E-state index contributed by atoms with van der Waals surface area (Å²) in [5, 5.41) is 0. The van der Waals surface area contributed by atoms with E-state index < -0.39 is 0 Å². The predicted molar refractivity (Wildman–Crippen MR) is 135 cm³/mol. The summed E-state index contributed by atoms with van der Waals surface area (Å²) in [6.07, 6.45) is 18.2. The van der Waals surface area contributed by atoms with Crippen LogP contribution in [0.5, 0.6) is 0 Å². The van der Waals surface area contributed by atoms with Crippen LogP contribution in [0.2, 0.25) is 0 Å². The lowest BCUT2D eigenvalue weighted by molar-refractivity contribution is 0.962. The SMILES string of the molecule is C=CC1=C(/C=C\C)C(C(=C)/C(C=C)=C(C=C)/C=C\C)=CCC1.CC.CC.CC. The number of hydrogen-bond donors (Lipinski definition) is 0. The molecule has 156 valence electrons. The van der Waals surface area contributed by atoms with Crippen molar-refractivity contribution in [2.24, 2.45) is 0 Å². The molecule has 0 atom stereocenters. The first-order valence-corrected chi connectivity index (χ1v) is 10.6. The molecular formula is C28H44. The van der Waals surface area contributed by atoms with Gasteiger partial charge in [-0.15, -0.1) is 0 Å². The summed E-state index contributed by atoms with van der Waals surface area (Å²) < 4.78 is 0. The molecule has 28 heavy (non-hydrogen) atoms. The molecule has 0 unspecified atom stereocenters. The Bertz CT molecular complexity index is 625. The fourth-order valence-corrected chi connectivity index (χ4v) is 2.66. The average Bonchev–Trinajstić information content (AvgIpc) is 2.78. The minimum Gasteiger partial charge on any atom is -0.0988 e. The molecule has 0 heteroatoms. The van der Waals surface area contributed by atoms with Gasteiger partial charge in [-0.2, -0.15) is 0 Å². The van der Waals surface area contributed by atoms with Crippen molar-refractivity contribution in [3.63, 3.8) is 0 Å². The Morgan fingerprint density at radius 2 is 1.46 bits per heavy atom. The first-order valence-electron chi connectivity index (χ1n) is 10.6. The summed E-state index contributed by atoms with van der Waals surface area (Å²) in [5.41, 5.74) is 6.68. The molecule has 1 aliphatic carbocycles. The highest BCUT2D eigenvalue weighted by Crippen LogP contribution is 2.35. The Kier molecular flexibility index (Phi) is 22.8. The van der Waals surface area contributed by atoms with Crippen LogP contribution in [-0.4, -0.2) is 0 Å². The Balaban J connectivity index is -0.000000946. The van der Waals surface area contributed by atoms with Crippen LogP contribution < -0.4 is 0 Å². The van der Waals surface area contributed by atoms with Crippen molar-refractivity contribution in [1.29, 1.82) is 0 Å². The van der Waals surface area contributed by atoms with Crippen LogP contribution in [-0.2, 0) is 0 Å². The Morgan fingerprint density at radius 1 is 0.893 bits per heavy atom. The van der Waals surface area contributed by atoms with Crippen LogP contribution in [0, 0.1) is 0 Å². The van der Waals surface area contributed by atoms with Gasteiger partial charge in [0.1, 0.15) is 0 Å². The van der Waals surface area contributed by atoms with Crippen molar-refractivity contribution in [3.8, 4) is 0 Å². The summed E-state index contributed by atoms with van der Waals surface area (Å²) in [5.74, 6) is 0. The third-order valence-corrected chi connectivity index (χ3v) is 3.71. The smallest absolute Gasteiger partial charge is 0.0117 e. The van der Waals surface area contributed by atoms with Gasteiger partial charge in [0.05, 0.1) is 0 Å². The highest BCUT2D eigenvalue weighted by molar-refractivity contribution is 5.66. The largest absolute Gasteiger partial charge is 0.0988 e. The number of hydrogen-bond acceptors (Lipinski definition) is 0. The van der Waals surface area contributed by atoms with Gasteiger partial charge in [0.15, 0.2) is 0 Å². The van der Waals surface area contributed by atoms with Gasteiger partial charge in [-0.25, -0.2) is 0 Å². The molecule has 0 aromatic rings. The molecule has 0 heterocycles. The van der Waals surface area contributed by atoms with E-state index in [1.807, 2.05) is 85.8 Å². The molecule has 0 fully saturated rings. The highest BCUT2D eigenvalue weighted by atomic mass is 14.2. The zero-order valence-electron chi connectivity index (χ0n) is 19.9. The van der Waals surface area contributed by atoms with Gasteiger partial charge in [0.2, 0.25) is 0 Å². The second-order valence-electron chi connectivity index (χ2n) is 5.06. The maximum Gasteiger partial charge on any atom is -0.0117 e. The predicted octanol–water partition coefficient (Wildman–Crippen LogP) is 9.64. The summed E-state index contributed by atoms with van der Waals surface area (Å²) >= 11 is 0. The van der Waals surface area contributed by atoms with Gasteiger partial charge in [-0.1, -0.05) is 116 Å². The average molecular weight is 381 g/mol. The van der Waals surface area contributed by atoms with Crippen LogP contribution >= 0.6 is 0 Å². The topological polar surface area (TPSA) is 0 Å². The van der Waals surface area contributed by atoms with Crippen molar-refractivity contribution in [3.05, 3.63) is 108 Å². The lowest BCUT2D eigenvalue weighted by Gasteiger charge is -2.21. The zero-order valence-corrected chi connectivity index (χ0v) is 19.9. The van der Waals surface area contributed by atoms with E-state index in [-0.39, 0.29) is 0 Å². The van der Waals surface area contributed by atoms with Crippen molar-refractivity contribution in [2.75, 3.05) is 0 Å². The van der Waals surface area contributed by atoms with Crippen LogP contribution in [0.25, 0.3) is 0 Å². The van der Waals surface area contributed by atoms with Gasteiger partial charge in [-0.05, 0) is 60.1 Å². The van der Waals surface area contributed by atoms with Crippen molar-refractivity contribution >= 4 is 0 Å². The fourth-order valence-electron chi connectivity index (χ4n) is 2.66. The zero-order chi connectivity index (χ0) is 22.5. The summed E-state index contributed by atoms with van der Waals surface area (Å²) in [7, 11) is 0. The van der Waals surface area contributed by atoms with Crippen molar-refractivity contribution in [2.45, 2.75) is 68.2 Å². The normalized spacial score (nSPS) is 13.6. The third kappa shape index (κ3) is 9.55. The van der Waals surface area contributed by atoms with E-state index in [9.17, 15) is 0 Å². The van der Waals surface area contributed by atoms with Crippen LogP contribution in [0.1, 0.15) is 68.2 Å². The van der Waals surface area contributed by atoms with E-state index in [0.717, 1.165) is 35.1 Å². The molecule has 0 amide bonds. The Labute approximate surface area is 176 Å². The van der Waals surface area contributed by atoms with E-state index >= 15 is 0 Å². The van der Waals surface area contributed by atoms with E-state index in [0.29, 0.717) is 0 Å². The van der Waals surface area contributed by atoms with Gasteiger partial charge >= 0.3 is 0 Å². The fraction of sp³-hybridized carbons (Fsp3) is 0.357. The van der Waals surface area contributed by atoms with E-state index in [1.54, 1.807) is 0 Å². The second kappa shape index (κ2) is 21.0. The molecule has 0 saturated heterocycles. The molecule has 0 radical (unpaired) electrons. The maximum absolute atomic E-state index is 4.32. The van der Waals surface area contributed by atoms with E-state index in [4.69, 9.17) is 0 Å². The monoisotopic (exact) mass is 380 g/mol. The summed E-state index contributed by atoms with van der Waals surface area (Å²) in [4.78, 5) is 0. The van der Waals surface area contributed by atoms with Gasteiger partial charge in [0.25, 0.3) is 0 Å². The number of allylic oxidation sites excluding steroid dienone is 14. The minimum absolute atomic E-state index is 0.982. The molecular weight excluding hydrogens is 336 g/mol. The molecule has 1 rings (SSSR count). The first kappa shape index (κ1) is 30.4. The molecule has 0 spiro atoms. The molecule has 0 aliphatic heterocycles. The number of rotatable bonds is 7. The summed E-state index contributed by atoms with van der Waals surface area (Å²) in [6.45, 7) is 32.2. The van der Waals surface area contributed by atoms with Gasteiger partial charge < -0.3 is 0 Å². The molecule has 0 saturated carbocycles. The maximum atomic E-state index is 4.32. The third-order valence-electron chi connectivity index (χ3n) is 3.71. The molecule has 1 aliphatic rings. The standard InChI is InChI=1S/C22H26.3C2H6/c1-7-13-18(9-3)20(11-5)17(6)21-16-12-15-19(10-4)22(21)14-8-2;3*1-2/h7-11,13-14,16H,3-6,12,15H2,1-2H3;3*1-2H3/b13-7-,14-8-,20-18+;;;. The molecule has 0 aromatic carbocycles. The van der Waals surface area contributed by atoms with Crippen LogP contribution in [0.4, 0.5) is 0 Å². The Hall–Kier alpha value is -2.34. The quantitative estimate of drug-likeness (QED) is 0.385. The molecule has 0 nitrogen and oxygen atoms in total. The minimum atomic E-state index is 0.982. The molecule has 0 aromatic heterocycles. The van der Waals surface area contributed by atoms with Crippen molar-refractivity contribution < 1.29 is 0 Å². The van der Waals surface area contributed by atoms with E-state index in [1.165, 1.54) is 11.1 Å². The lowest BCUT2D eigenvalue weighted by Crippen LogP contribution is -2.03.